The molecule has 5 nitrogen and oxygen atoms in total. The van der Waals surface area contributed by atoms with E-state index >= 15 is 0 Å². The van der Waals surface area contributed by atoms with Gasteiger partial charge in [0.15, 0.2) is 16.7 Å². The number of halogens is 1. The summed E-state index contributed by atoms with van der Waals surface area (Å²) in [7, 11) is 0. The maximum Gasteiger partial charge on any atom is 0.267 e. The number of para-hydroxylation sites is 1. The molecule has 0 spiro atoms. The molecular weight excluding hydrogens is 480 g/mol. The lowest BCUT2D eigenvalue weighted by Crippen LogP contribution is -2.44. The number of aliphatic imine (C=N–C) groups is 1. The molecule has 2 aromatic carbocycles. The SMILES string of the molecule is C#CCOc1c(Cl)cc(/C=C2\SC(=Nc3ccccc3)N([C@@H]3CCCC[C@@H]3C)C2=O)cc1OCC. The van der Waals surface area contributed by atoms with E-state index in [4.69, 9.17) is 32.5 Å². The van der Waals surface area contributed by atoms with Gasteiger partial charge < -0.3 is 9.47 Å². The molecule has 1 aliphatic carbocycles. The number of thioether (sulfide) groups is 1. The Morgan fingerprint density at radius 1 is 1.23 bits per heavy atom. The van der Waals surface area contributed by atoms with Gasteiger partial charge in [-0.2, -0.15) is 0 Å². The lowest BCUT2D eigenvalue weighted by atomic mass is 9.85. The molecule has 2 fully saturated rings. The van der Waals surface area contributed by atoms with Gasteiger partial charge in [0, 0.05) is 6.04 Å². The number of amides is 1. The smallest absolute Gasteiger partial charge is 0.267 e. The average Bonchev–Trinajstić information content (AvgIpc) is 3.14. The molecule has 0 bridgehead atoms. The van der Waals surface area contributed by atoms with Crippen LogP contribution in [0, 0.1) is 18.3 Å². The lowest BCUT2D eigenvalue weighted by Gasteiger charge is -2.35. The Morgan fingerprint density at radius 2 is 2.00 bits per heavy atom. The zero-order valence-corrected chi connectivity index (χ0v) is 21.6. The van der Waals surface area contributed by atoms with Gasteiger partial charge in [-0.05, 0) is 73.4 Å². The number of hydrogen-bond acceptors (Lipinski definition) is 5. The Hall–Kier alpha value is -2.88. The van der Waals surface area contributed by atoms with Gasteiger partial charge in [-0.3, -0.25) is 9.69 Å². The fourth-order valence-corrected chi connectivity index (χ4v) is 5.81. The summed E-state index contributed by atoms with van der Waals surface area (Å²) in [5, 5.41) is 1.10. The molecule has 1 aliphatic heterocycles. The van der Waals surface area contributed by atoms with Crippen LogP contribution in [0.1, 0.15) is 45.1 Å². The molecular formula is C28H29ClN2O3S. The molecule has 182 valence electrons. The van der Waals surface area contributed by atoms with Crippen molar-refractivity contribution in [1.82, 2.24) is 4.90 Å². The van der Waals surface area contributed by atoms with Gasteiger partial charge in [0.2, 0.25) is 0 Å². The molecule has 0 unspecified atom stereocenters. The van der Waals surface area contributed by atoms with Crippen molar-refractivity contribution in [3.05, 3.63) is 58.0 Å². The summed E-state index contributed by atoms with van der Waals surface area (Å²) < 4.78 is 11.3. The van der Waals surface area contributed by atoms with Gasteiger partial charge >= 0.3 is 0 Å². The van der Waals surface area contributed by atoms with E-state index in [1.165, 1.54) is 18.2 Å². The molecule has 1 amide bonds. The fraction of sp³-hybridized carbons (Fsp3) is 0.357. The number of benzene rings is 2. The highest BCUT2D eigenvalue weighted by Gasteiger charge is 2.41. The second kappa shape index (κ2) is 11.7. The topological polar surface area (TPSA) is 51.1 Å². The Morgan fingerprint density at radius 3 is 2.71 bits per heavy atom. The summed E-state index contributed by atoms with van der Waals surface area (Å²) in [6, 6.07) is 13.5. The minimum absolute atomic E-state index is 0.0230. The second-order valence-corrected chi connectivity index (χ2v) is 10.0. The number of nitrogens with zero attached hydrogens (tertiary/aromatic N) is 2. The Balaban J connectivity index is 1.72. The van der Waals surface area contributed by atoms with Crippen LogP contribution in [0.4, 0.5) is 5.69 Å². The highest BCUT2D eigenvalue weighted by Crippen LogP contribution is 2.42. The van der Waals surface area contributed by atoms with Crippen molar-refractivity contribution >= 4 is 46.2 Å². The van der Waals surface area contributed by atoms with Crippen molar-refractivity contribution in [3.8, 4) is 23.8 Å². The quantitative estimate of drug-likeness (QED) is 0.300. The Kier molecular flexibility index (Phi) is 8.43. The van der Waals surface area contributed by atoms with Crippen LogP contribution < -0.4 is 9.47 Å². The molecule has 1 heterocycles. The van der Waals surface area contributed by atoms with E-state index in [1.54, 1.807) is 6.07 Å². The van der Waals surface area contributed by atoms with Crippen LogP contribution >= 0.6 is 23.4 Å². The summed E-state index contributed by atoms with van der Waals surface area (Å²) in [5.74, 6) is 3.73. The molecule has 0 aromatic heterocycles. The molecule has 1 saturated heterocycles. The molecule has 0 N–H and O–H groups in total. The van der Waals surface area contributed by atoms with Crippen LogP contribution in [0.25, 0.3) is 6.08 Å². The standard InChI is InChI=1S/C28H29ClN2O3S/c1-4-15-34-26-22(29)16-20(17-24(26)33-5-2)18-25-27(32)31(23-14-10-9-11-19(23)3)28(35-25)30-21-12-7-6-8-13-21/h1,6-8,12-13,16-19,23H,5,9-11,14-15H2,2-3H3/b25-18-,30-28?/t19-,23+/m0/s1. The summed E-state index contributed by atoms with van der Waals surface area (Å²) in [6.07, 6.45) is 11.6. The van der Waals surface area contributed by atoms with Crippen LogP contribution in [-0.2, 0) is 4.79 Å². The number of terminal acetylenes is 1. The van der Waals surface area contributed by atoms with E-state index in [2.05, 4.69) is 12.8 Å². The molecule has 35 heavy (non-hydrogen) atoms. The highest BCUT2D eigenvalue weighted by molar-refractivity contribution is 8.18. The molecule has 2 aliphatic rings. The van der Waals surface area contributed by atoms with Crippen molar-refractivity contribution in [2.45, 2.75) is 45.6 Å². The summed E-state index contributed by atoms with van der Waals surface area (Å²) in [5.41, 5.74) is 1.58. The summed E-state index contributed by atoms with van der Waals surface area (Å²) in [6.45, 7) is 4.64. The van der Waals surface area contributed by atoms with Gasteiger partial charge in [-0.1, -0.05) is 55.5 Å². The molecule has 0 radical (unpaired) electrons. The van der Waals surface area contributed by atoms with Gasteiger partial charge in [0.1, 0.15) is 6.61 Å². The fourth-order valence-electron chi connectivity index (χ4n) is 4.49. The lowest BCUT2D eigenvalue weighted by molar-refractivity contribution is -0.124. The number of amidine groups is 1. The van der Waals surface area contributed by atoms with Crippen molar-refractivity contribution in [1.29, 1.82) is 0 Å². The van der Waals surface area contributed by atoms with E-state index in [-0.39, 0.29) is 18.6 Å². The number of rotatable bonds is 7. The molecule has 1 saturated carbocycles. The first-order valence-electron chi connectivity index (χ1n) is 11.9. The third kappa shape index (κ3) is 5.86. The second-order valence-electron chi connectivity index (χ2n) is 8.60. The zero-order valence-electron chi connectivity index (χ0n) is 20.0. The van der Waals surface area contributed by atoms with Gasteiger partial charge in [0.25, 0.3) is 5.91 Å². The maximum atomic E-state index is 13.7. The van der Waals surface area contributed by atoms with Gasteiger partial charge in [-0.15, -0.1) is 6.42 Å². The predicted molar refractivity (Wildman–Crippen MR) is 144 cm³/mol. The first-order valence-corrected chi connectivity index (χ1v) is 13.1. The predicted octanol–water partition coefficient (Wildman–Crippen LogP) is 6.93. The number of carbonyl (C=O) groups is 1. The van der Waals surface area contributed by atoms with Crippen molar-refractivity contribution < 1.29 is 14.3 Å². The number of ether oxygens (including phenoxy) is 2. The Labute approximate surface area is 216 Å². The van der Waals surface area contributed by atoms with Gasteiger partial charge in [0.05, 0.1) is 22.2 Å². The molecule has 7 heteroatoms. The summed E-state index contributed by atoms with van der Waals surface area (Å²) in [4.78, 5) is 21.1. The molecule has 2 atom stereocenters. The minimum Gasteiger partial charge on any atom is -0.490 e. The maximum absolute atomic E-state index is 13.7. The van der Waals surface area contributed by atoms with Gasteiger partial charge in [-0.25, -0.2) is 4.99 Å². The average molecular weight is 509 g/mol. The van der Waals surface area contributed by atoms with Crippen LogP contribution in [0.3, 0.4) is 0 Å². The van der Waals surface area contributed by atoms with Crippen molar-refractivity contribution in [2.75, 3.05) is 13.2 Å². The van der Waals surface area contributed by atoms with E-state index < -0.39 is 0 Å². The summed E-state index contributed by atoms with van der Waals surface area (Å²) >= 11 is 7.91. The van der Waals surface area contributed by atoms with Crippen molar-refractivity contribution in [3.63, 3.8) is 0 Å². The van der Waals surface area contributed by atoms with Crippen LogP contribution in [0.2, 0.25) is 5.02 Å². The third-order valence-electron chi connectivity index (χ3n) is 6.14. The number of carbonyl (C=O) groups excluding carboxylic acids is 1. The molecule has 4 rings (SSSR count). The Bertz CT molecular complexity index is 1170. The largest absolute Gasteiger partial charge is 0.490 e. The van der Waals surface area contributed by atoms with E-state index in [0.29, 0.717) is 34.0 Å². The van der Waals surface area contributed by atoms with E-state index in [1.807, 2.05) is 54.3 Å². The monoisotopic (exact) mass is 508 g/mol. The first kappa shape index (κ1) is 25.2. The molecule has 2 aromatic rings. The van der Waals surface area contributed by atoms with E-state index in [0.717, 1.165) is 35.7 Å². The third-order valence-corrected chi connectivity index (χ3v) is 7.41. The van der Waals surface area contributed by atoms with Crippen LogP contribution in [-0.4, -0.2) is 35.2 Å². The van der Waals surface area contributed by atoms with Crippen LogP contribution in [0.5, 0.6) is 11.5 Å². The highest BCUT2D eigenvalue weighted by atomic mass is 35.5. The zero-order chi connectivity index (χ0) is 24.8. The van der Waals surface area contributed by atoms with E-state index in [9.17, 15) is 4.79 Å². The normalized spacial score (nSPS) is 22.5. The van der Waals surface area contributed by atoms with Crippen LogP contribution in [0.15, 0.2) is 52.4 Å². The first-order chi connectivity index (χ1) is 17.0. The van der Waals surface area contributed by atoms with Crippen molar-refractivity contribution in [2.24, 2.45) is 10.9 Å². The number of hydrogen-bond donors (Lipinski definition) is 0. The minimum atomic E-state index is -0.0230.